The van der Waals surface area contributed by atoms with Crippen molar-refractivity contribution < 1.29 is 9.53 Å². The summed E-state index contributed by atoms with van der Waals surface area (Å²) >= 11 is 0. The lowest BCUT2D eigenvalue weighted by Gasteiger charge is -2.41. The third-order valence-electron chi connectivity index (χ3n) is 6.17. The van der Waals surface area contributed by atoms with Gasteiger partial charge in [0.15, 0.2) is 0 Å². The van der Waals surface area contributed by atoms with Crippen LogP contribution in [0.1, 0.15) is 62.5 Å². The molecule has 0 aromatic heterocycles. The van der Waals surface area contributed by atoms with Gasteiger partial charge in [-0.25, -0.2) is 0 Å². The van der Waals surface area contributed by atoms with Crippen LogP contribution in [0.4, 0.5) is 5.69 Å². The highest BCUT2D eigenvalue weighted by Crippen LogP contribution is 2.34. The molecule has 2 fully saturated rings. The average molecular weight is 378 g/mol. The van der Waals surface area contributed by atoms with Crippen molar-refractivity contribution in [3.8, 4) is 5.75 Å². The van der Waals surface area contributed by atoms with Crippen molar-refractivity contribution >= 4 is 11.5 Å². The van der Waals surface area contributed by atoms with Crippen molar-refractivity contribution in [2.45, 2.75) is 51.4 Å². The summed E-state index contributed by atoms with van der Waals surface area (Å²) in [5.41, 5.74) is 3.94. The molecular weight excluding hydrogens is 346 g/mol. The average Bonchev–Trinajstić information content (AvgIpc) is 3.51. The molecule has 28 heavy (non-hydrogen) atoms. The van der Waals surface area contributed by atoms with E-state index >= 15 is 0 Å². The van der Waals surface area contributed by atoms with E-state index in [1.165, 1.54) is 29.7 Å². The smallest absolute Gasteiger partial charge is 0.133 e. The number of ketones is 1. The number of carbonyl (C=O) groups is 1. The van der Waals surface area contributed by atoms with E-state index in [-0.39, 0.29) is 0 Å². The molecule has 2 aliphatic rings. The maximum absolute atomic E-state index is 11.7. The third-order valence-corrected chi connectivity index (χ3v) is 6.17. The summed E-state index contributed by atoms with van der Waals surface area (Å²) in [4.78, 5) is 14.1. The van der Waals surface area contributed by atoms with Crippen LogP contribution < -0.4 is 9.64 Å². The molecule has 1 aliphatic heterocycles. The fourth-order valence-corrected chi connectivity index (χ4v) is 3.85. The molecule has 0 spiro atoms. The number of ether oxygens (including phenoxy) is 1. The first-order valence-electron chi connectivity index (χ1n) is 10.7. The van der Waals surface area contributed by atoms with E-state index in [2.05, 4.69) is 60.4 Å². The Morgan fingerprint density at radius 1 is 1.07 bits per heavy atom. The summed E-state index contributed by atoms with van der Waals surface area (Å²) in [6.45, 7) is 7.07. The second-order valence-electron chi connectivity index (χ2n) is 8.51. The minimum atomic E-state index is 0.306. The van der Waals surface area contributed by atoms with E-state index in [4.69, 9.17) is 4.74 Å². The molecular formula is C25H31NO2. The van der Waals surface area contributed by atoms with E-state index in [1.54, 1.807) is 0 Å². The standard InChI is InChI=1S/C25H31NO2/c1-3-24(27)14-18(2)20-6-8-21(9-7-20)22-15-26(16-22)23-10-12-25(13-11-23)28-17-19-4-5-19/h6-13,18-19,22H,3-5,14-17H2,1-2H3/t18-/m1/s1. The van der Waals surface area contributed by atoms with E-state index < -0.39 is 0 Å². The quantitative estimate of drug-likeness (QED) is 0.574. The molecule has 1 saturated heterocycles. The van der Waals surface area contributed by atoms with Gasteiger partial charge in [-0.2, -0.15) is 0 Å². The molecule has 0 bridgehead atoms. The summed E-state index contributed by atoms with van der Waals surface area (Å²) in [5.74, 6) is 3.01. The Hall–Kier alpha value is -2.29. The van der Waals surface area contributed by atoms with Crippen molar-refractivity contribution in [2.75, 3.05) is 24.6 Å². The summed E-state index contributed by atoms with van der Waals surface area (Å²) in [6, 6.07) is 17.5. The van der Waals surface area contributed by atoms with Crippen LogP contribution in [-0.4, -0.2) is 25.5 Å². The molecule has 1 saturated carbocycles. The summed E-state index contributed by atoms with van der Waals surface area (Å²) in [7, 11) is 0. The van der Waals surface area contributed by atoms with Crippen LogP contribution in [0.2, 0.25) is 0 Å². The highest BCUT2D eigenvalue weighted by atomic mass is 16.5. The van der Waals surface area contributed by atoms with Gasteiger partial charge >= 0.3 is 0 Å². The number of hydrogen-bond acceptors (Lipinski definition) is 3. The number of rotatable bonds is 9. The van der Waals surface area contributed by atoms with Crippen molar-refractivity contribution in [2.24, 2.45) is 5.92 Å². The largest absolute Gasteiger partial charge is 0.493 e. The molecule has 0 N–H and O–H groups in total. The minimum absolute atomic E-state index is 0.306. The first-order valence-corrected chi connectivity index (χ1v) is 10.7. The lowest BCUT2D eigenvalue weighted by atomic mass is 9.88. The van der Waals surface area contributed by atoms with E-state index in [0.29, 0.717) is 30.5 Å². The maximum Gasteiger partial charge on any atom is 0.133 e. The highest BCUT2D eigenvalue weighted by molar-refractivity contribution is 5.78. The van der Waals surface area contributed by atoms with Crippen molar-refractivity contribution in [1.29, 1.82) is 0 Å². The topological polar surface area (TPSA) is 29.5 Å². The molecule has 4 rings (SSSR count). The number of benzene rings is 2. The van der Waals surface area contributed by atoms with Crippen LogP contribution >= 0.6 is 0 Å². The van der Waals surface area contributed by atoms with Gasteiger partial charge in [0.25, 0.3) is 0 Å². The summed E-state index contributed by atoms with van der Waals surface area (Å²) in [5, 5.41) is 0. The molecule has 1 heterocycles. The van der Waals surface area contributed by atoms with Gasteiger partial charge in [0.2, 0.25) is 0 Å². The highest BCUT2D eigenvalue weighted by Gasteiger charge is 2.28. The van der Waals surface area contributed by atoms with Gasteiger partial charge in [-0.1, -0.05) is 38.1 Å². The first kappa shape index (κ1) is 19.0. The Labute approximate surface area is 168 Å². The molecule has 0 amide bonds. The van der Waals surface area contributed by atoms with Gasteiger partial charge in [0.05, 0.1) is 6.61 Å². The van der Waals surface area contributed by atoms with Crippen LogP contribution in [0.3, 0.4) is 0 Å². The zero-order valence-corrected chi connectivity index (χ0v) is 17.1. The second kappa shape index (κ2) is 8.38. The molecule has 3 heteroatoms. The Kier molecular flexibility index (Phi) is 5.70. The molecule has 2 aromatic rings. The zero-order chi connectivity index (χ0) is 19.5. The Bertz CT molecular complexity index is 786. The SMILES string of the molecule is CCC(=O)C[C@@H](C)c1ccc(C2CN(c3ccc(OCC4CC4)cc3)C2)cc1. The fraction of sp³-hybridized carbons (Fsp3) is 0.480. The molecule has 0 radical (unpaired) electrons. The van der Waals surface area contributed by atoms with Crippen LogP contribution in [-0.2, 0) is 4.79 Å². The van der Waals surface area contributed by atoms with Crippen LogP contribution in [0.25, 0.3) is 0 Å². The van der Waals surface area contributed by atoms with Gasteiger partial charge in [0, 0.05) is 37.5 Å². The number of hydrogen-bond donors (Lipinski definition) is 0. The second-order valence-corrected chi connectivity index (χ2v) is 8.51. The molecule has 148 valence electrons. The predicted molar refractivity (Wildman–Crippen MR) is 114 cm³/mol. The molecule has 1 atom stereocenters. The third kappa shape index (κ3) is 4.57. The minimum Gasteiger partial charge on any atom is -0.493 e. The zero-order valence-electron chi connectivity index (χ0n) is 17.1. The molecule has 0 unspecified atom stereocenters. The lowest BCUT2D eigenvalue weighted by Crippen LogP contribution is -2.45. The number of carbonyl (C=O) groups excluding carboxylic acids is 1. The summed E-state index contributed by atoms with van der Waals surface area (Å²) in [6.07, 6.45) is 3.93. The number of Topliss-reactive ketones (excluding diaryl/α,β-unsaturated/α-hetero) is 1. The van der Waals surface area contributed by atoms with Gasteiger partial charge in [-0.3, -0.25) is 4.79 Å². The van der Waals surface area contributed by atoms with Gasteiger partial charge in [-0.05, 0) is 60.1 Å². The molecule has 3 nitrogen and oxygen atoms in total. The van der Waals surface area contributed by atoms with E-state index in [0.717, 1.165) is 31.4 Å². The van der Waals surface area contributed by atoms with E-state index in [1.807, 2.05) is 6.92 Å². The Morgan fingerprint density at radius 3 is 2.36 bits per heavy atom. The van der Waals surface area contributed by atoms with Crippen LogP contribution in [0, 0.1) is 5.92 Å². The Morgan fingerprint density at radius 2 is 1.75 bits per heavy atom. The number of anilines is 1. The van der Waals surface area contributed by atoms with E-state index in [9.17, 15) is 4.79 Å². The fourth-order valence-electron chi connectivity index (χ4n) is 3.85. The van der Waals surface area contributed by atoms with Crippen molar-refractivity contribution in [1.82, 2.24) is 0 Å². The molecule has 2 aromatic carbocycles. The Balaban J connectivity index is 1.27. The van der Waals surface area contributed by atoms with Crippen LogP contribution in [0.5, 0.6) is 5.75 Å². The lowest BCUT2D eigenvalue weighted by molar-refractivity contribution is -0.119. The van der Waals surface area contributed by atoms with Gasteiger partial charge in [-0.15, -0.1) is 0 Å². The normalized spacial score (nSPS) is 17.9. The monoisotopic (exact) mass is 377 g/mol. The molecule has 1 aliphatic carbocycles. The van der Waals surface area contributed by atoms with Gasteiger partial charge < -0.3 is 9.64 Å². The maximum atomic E-state index is 11.7. The first-order chi connectivity index (χ1) is 13.6. The van der Waals surface area contributed by atoms with Crippen LogP contribution in [0.15, 0.2) is 48.5 Å². The van der Waals surface area contributed by atoms with Gasteiger partial charge in [0.1, 0.15) is 11.5 Å². The number of nitrogens with zero attached hydrogens (tertiary/aromatic N) is 1. The van der Waals surface area contributed by atoms with Crippen molar-refractivity contribution in [3.05, 3.63) is 59.7 Å². The predicted octanol–water partition coefficient (Wildman–Crippen LogP) is 5.55. The summed E-state index contributed by atoms with van der Waals surface area (Å²) < 4.78 is 5.83. The van der Waals surface area contributed by atoms with Crippen molar-refractivity contribution in [3.63, 3.8) is 0 Å².